The number of nitrogens with two attached hydrogens (primary N) is 1. The summed E-state index contributed by atoms with van der Waals surface area (Å²) in [6.07, 6.45) is 2.10. The molecule has 3 N–H and O–H groups in total. The van der Waals surface area contributed by atoms with Gasteiger partial charge in [0, 0.05) is 17.6 Å². The fourth-order valence-corrected chi connectivity index (χ4v) is 3.57. The highest BCUT2D eigenvalue weighted by Crippen LogP contribution is 2.35. The van der Waals surface area contributed by atoms with E-state index in [4.69, 9.17) is 9.88 Å². The molecule has 2 heterocycles. The molecule has 1 amide bonds. The molecule has 0 radical (unpaired) electrons. The van der Waals surface area contributed by atoms with E-state index in [2.05, 4.69) is 4.98 Å². The standard InChI is InChI=1S/C15H23N3O5S/c1-15(2)9-8-11(18(15)14(19)20)5-4-10-23-12-6-3-7-13(17-12)24(16,21)22/h3,6-7,11H,4-5,8-10H2,1-2H3,(H,19,20)(H2,16,21,22). The smallest absolute Gasteiger partial charge is 0.407 e. The van der Waals surface area contributed by atoms with Crippen molar-refractivity contribution in [1.29, 1.82) is 0 Å². The van der Waals surface area contributed by atoms with Gasteiger partial charge in [0.05, 0.1) is 6.61 Å². The summed E-state index contributed by atoms with van der Waals surface area (Å²) in [5, 5.41) is 14.2. The minimum absolute atomic E-state index is 0.0233. The van der Waals surface area contributed by atoms with E-state index < -0.39 is 16.1 Å². The molecule has 1 fully saturated rings. The predicted molar refractivity (Wildman–Crippen MR) is 87.3 cm³/mol. The highest BCUT2D eigenvalue weighted by molar-refractivity contribution is 7.89. The zero-order valence-corrected chi connectivity index (χ0v) is 14.6. The summed E-state index contributed by atoms with van der Waals surface area (Å²) in [6.45, 7) is 4.19. The summed E-state index contributed by atoms with van der Waals surface area (Å²) in [7, 11) is -3.86. The van der Waals surface area contributed by atoms with Crippen molar-refractivity contribution in [3.8, 4) is 5.88 Å². The minimum Gasteiger partial charge on any atom is -0.478 e. The normalized spacial score (nSPS) is 20.1. The molecule has 1 unspecified atom stereocenters. The number of carbonyl (C=O) groups is 1. The van der Waals surface area contributed by atoms with Gasteiger partial charge in [0.25, 0.3) is 10.0 Å². The van der Waals surface area contributed by atoms with E-state index >= 15 is 0 Å². The largest absolute Gasteiger partial charge is 0.478 e. The van der Waals surface area contributed by atoms with Crippen LogP contribution in [0.1, 0.15) is 39.5 Å². The lowest BCUT2D eigenvalue weighted by Crippen LogP contribution is -2.46. The van der Waals surface area contributed by atoms with Gasteiger partial charge < -0.3 is 14.7 Å². The second-order valence-electron chi connectivity index (χ2n) is 6.51. The highest BCUT2D eigenvalue weighted by atomic mass is 32.2. The van der Waals surface area contributed by atoms with Crippen LogP contribution in [0, 0.1) is 0 Å². The molecular weight excluding hydrogens is 334 g/mol. The Morgan fingerprint density at radius 2 is 2.21 bits per heavy atom. The molecular formula is C15H23N3O5S. The summed E-state index contributed by atoms with van der Waals surface area (Å²) < 4.78 is 27.9. The van der Waals surface area contributed by atoms with E-state index in [0.29, 0.717) is 19.4 Å². The summed E-state index contributed by atoms with van der Waals surface area (Å²) in [4.78, 5) is 16.8. The van der Waals surface area contributed by atoms with Crippen LogP contribution in [-0.4, -0.2) is 47.7 Å². The first-order valence-corrected chi connectivity index (χ1v) is 9.31. The van der Waals surface area contributed by atoms with E-state index in [1.54, 1.807) is 6.07 Å². The average molecular weight is 357 g/mol. The van der Waals surface area contributed by atoms with Gasteiger partial charge in [0.1, 0.15) is 0 Å². The van der Waals surface area contributed by atoms with E-state index in [1.807, 2.05) is 13.8 Å². The van der Waals surface area contributed by atoms with Crippen LogP contribution in [0.25, 0.3) is 0 Å². The van der Waals surface area contributed by atoms with Crippen LogP contribution in [0.5, 0.6) is 5.88 Å². The third kappa shape index (κ3) is 4.35. The average Bonchev–Trinajstić information content (AvgIpc) is 2.78. The molecule has 1 aliphatic heterocycles. The molecule has 0 aliphatic carbocycles. The number of nitrogens with zero attached hydrogens (tertiary/aromatic N) is 2. The predicted octanol–water partition coefficient (Wildman–Crippen LogP) is 1.81. The Balaban J connectivity index is 1.86. The van der Waals surface area contributed by atoms with Gasteiger partial charge >= 0.3 is 6.09 Å². The Morgan fingerprint density at radius 3 is 2.83 bits per heavy atom. The number of amides is 1. The number of pyridine rings is 1. The van der Waals surface area contributed by atoms with Crippen LogP contribution >= 0.6 is 0 Å². The maximum atomic E-state index is 11.4. The van der Waals surface area contributed by atoms with E-state index in [-0.39, 0.29) is 22.5 Å². The fraction of sp³-hybridized carbons (Fsp3) is 0.600. The maximum absolute atomic E-state index is 11.4. The number of rotatable bonds is 6. The van der Waals surface area contributed by atoms with Gasteiger partial charge in [-0.05, 0) is 45.6 Å². The van der Waals surface area contributed by atoms with Gasteiger partial charge in [0.2, 0.25) is 5.88 Å². The maximum Gasteiger partial charge on any atom is 0.407 e. The lowest BCUT2D eigenvalue weighted by Gasteiger charge is -2.33. The molecule has 0 saturated carbocycles. The van der Waals surface area contributed by atoms with Crippen LogP contribution < -0.4 is 9.88 Å². The lowest BCUT2D eigenvalue weighted by atomic mass is 10.0. The SMILES string of the molecule is CC1(C)CCC(CCCOc2cccc(S(N)(=O)=O)n2)N1C(=O)O. The Kier molecular flexibility index (Phi) is 5.34. The van der Waals surface area contributed by atoms with Crippen LogP contribution in [0.4, 0.5) is 4.79 Å². The number of likely N-dealkylation sites (tertiary alicyclic amines) is 1. The molecule has 1 atom stereocenters. The number of carboxylic acid groups (broad SMARTS) is 1. The highest BCUT2D eigenvalue weighted by Gasteiger charge is 2.42. The first kappa shape index (κ1) is 18.5. The van der Waals surface area contributed by atoms with Crippen molar-refractivity contribution in [2.45, 2.75) is 56.1 Å². The molecule has 9 heteroatoms. The minimum atomic E-state index is -3.86. The van der Waals surface area contributed by atoms with Crippen LogP contribution in [0.15, 0.2) is 23.2 Å². The Labute approximate surface area is 141 Å². The first-order valence-electron chi connectivity index (χ1n) is 7.76. The van der Waals surface area contributed by atoms with Gasteiger partial charge in [-0.2, -0.15) is 0 Å². The van der Waals surface area contributed by atoms with Crippen molar-refractivity contribution >= 4 is 16.1 Å². The van der Waals surface area contributed by atoms with Crippen LogP contribution in [0.2, 0.25) is 0 Å². The first-order chi connectivity index (χ1) is 11.1. The van der Waals surface area contributed by atoms with Crippen molar-refractivity contribution in [3.63, 3.8) is 0 Å². The molecule has 1 aliphatic rings. The Morgan fingerprint density at radius 1 is 1.50 bits per heavy atom. The number of aromatic nitrogens is 1. The van der Waals surface area contributed by atoms with Gasteiger partial charge in [-0.3, -0.25) is 0 Å². The number of ether oxygens (including phenoxy) is 1. The lowest BCUT2D eigenvalue weighted by molar-refractivity contribution is 0.0918. The number of sulfonamides is 1. The van der Waals surface area contributed by atoms with Gasteiger partial charge in [0.15, 0.2) is 5.03 Å². The second kappa shape index (κ2) is 6.94. The summed E-state index contributed by atoms with van der Waals surface area (Å²) in [6, 6.07) is 4.34. The third-order valence-electron chi connectivity index (χ3n) is 4.23. The van der Waals surface area contributed by atoms with Gasteiger partial charge in [-0.1, -0.05) is 6.07 Å². The van der Waals surface area contributed by atoms with Crippen molar-refractivity contribution in [2.75, 3.05) is 6.61 Å². The second-order valence-corrected chi connectivity index (χ2v) is 8.02. The van der Waals surface area contributed by atoms with Gasteiger partial charge in [-0.25, -0.2) is 23.3 Å². The molecule has 0 bridgehead atoms. The molecule has 1 saturated heterocycles. The zero-order valence-electron chi connectivity index (χ0n) is 13.8. The molecule has 0 spiro atoms. The van der Waals surface area contributed by atoms with Gasteiger partial charge in [-0.15, -0.1) is 0 Å². The van der Waals surface area contributed by atoms with Crippen LogP contribution in [0.3, 0.4) is 0 Å². The quantitative estimate of drug-likeness (QED) is 0.749. The number of hydrogen-bond donors (Lipinski definition) is 2. The topological polar surface area (TPSA) is 123 Å². The zero-order chi connectivity index (χ0) is 18.0. The summed E-state index contributed by atoms with van der Waals surface area (Å²) in [5.41, 5.74) is -0.345. The monoisotopic (exact) mass is 357 g/mol. The molecule has 0 aromatic carbocycles. The Hall–Kier alpha value is -1.87. The molecule has 2 rings (SSSR count). The summed E-state index contributed by atoms with van der Waals surface area (Å²) in [5.74, 6) is 0.184. The number of primary sulfonamides is 1. The third-order valence-corrected chi connectivity index (χ3v) is 5.04. The summed E-state index contributed by atoms with van der Waals surface area (Å²) >= 11 is 0. The molecule has 8 nitrogen and oxygen atoms in total. The van der Waals surface area contributed by atoms with E-state index in [9.17, 15) is 18.3 Å². The van der Waals surface area contributed by atoms with E-state index in [1.165, 1.54) is 17.0 Å². The molecule has 134 valence electrons. The molecule has 1 aromatic rings. The van der Waals surface area contributed by atoms with Crippen molar-refractivity contribution < 1.29 is 23.1 Å². The Bertz CT molecular complexity index is 705. The molecule has 1 aromatic heterocycles. The fourth-order valence-electron chi connectivity index (χ4n) is 3.08. The van der Waals surface area contributed by atoms with Crippen LogP contribution in [-0.2, 0) is 10.0 Å². The van der Waals surface area contributed by atoms with Crippen molar-refractivity contribution in [3.05, 3.63) is 18.2 Å². The molecule has 24 heavy (non-hydrogen) atoms. The van der Waals surface area contributed by atoms with E-state index in [0.717, 1.165) is 12.8 Å². The number of hydrogen-bond acceptors (Lipinski definition) is 5. The van der Waals surface area contributed by atoms with Crippen molar-refractivity contribution in [1.82, 2.24) is 9.88 Å². The van der Waals surface area contributed by atoms with Crippen molar-refractivity contribution in [2.24, 2.45) is 5.14 Å².